The van der Waals surface area contributed by atoms with Crippen LogP contribution in [0.2, 0.25) is 0 Å². The Labute approximate surface area is 374 Å². The molecule has 0 bridgehead atoms. The van der Waals surface area contributed by atoms with Crippen molar-refractivity contribution in [2.24, 2.45) is 65.1 Å². The van der Waals surface area contributed by atoms with Gasteiger partial charge in [-0.15, -0.1) is 0 Å². The summed E-state index contributed by atoms with van der Waals surface area (Å²) in [6, 6.07) is 2.47. The Kier molecular flexibility index (Phi) is 13.0. The van der Waals surface area contributed by atoms with Crippen LogP contribution in [0, 0.1) is 65.1 Å². The highest BCUT2D eigenvalue weighted by Gasteiger charge is 2.49. The topological polar surface area (TPSA) is 12.5 Å². The van der Waals surface area contributed by atoms with E-state index in [1.165, 1.54) is 205 Å². The summed E-state index contributed by atoms with van der Waals surface area (Å²) in [6.07, 6.45) is 62.7. The first-order valence-corrected chi connectivity index (χ1v) is 27.7. The van der Waals surface area contributed by atoms with Crippen LogP contribution in [-0.4, -0.2) is 29.1 Å². The van der Waals surface area contributed by atoms with Gasteiger partial charge >= 0.3 is 0 Å². The molecule has 11 rings (SSSR count). The fourth-order valence-corrected chi connectivity index (χ4v) is 17.5. The third kappa shape index (κ3) is 8.72. The summed E-state index contributed by atoms with van der Waals surface area (Å²) in [7, 11) is 0. The Bertz CT molecular complexity index is 1710. The molecule has 0 aromatic heterocycles. The van der Waals surface area contributed by atoms with E-state index in [-0.39, 0.29) is 0 Å². The molecule has 334 valence electrons. The summed E-state index contributed by atoms with van der Waals surface area (Å²) >= 11 is 0. The third-order valence-electron chi connectivity index (χ3n) is 20.7. The van der Waals surface area contributed by atoms with E-state index in [4.69, 9.17) is 4.74 Å². The second-order valence-corrected chi connectivity index (χ2v) is 23.8. The summed E-state index contributed by atoms with van der Waals surface area (Å²) in [4.78, 5) is 3.27. The van der Waals surface area contributed by atoms with Crippen LogP contribution in [0.4, 0.5) is 0 Å². The molecule has 1 aliphatic heterocycles. The van der Waals surface area contributed by atoms with Gasteiger partial charge < -0.3 is 4.74 Å². The molecule has 0 spiro atoms. The summed E-state index contributed by atoms with van der Waals surface area (Å²) < 4.78 is 7.29. The molecule has 0 N–H and O–H groups in total. The van der Waals surface area contributed by atoms with Crippen LogP contribution in [0.15, 0.2) is 70.6 Å². The molecule has 0 saturated heterocycles. The van der Waals surface area contributed by atoms with Gasteiger partial charge in [-0.1, -0.05) is 79.0 Å². The standard InChI is InChI=1S/C59H87NO/c1-40-38-48(30-37-53(40)55-19-11-21-57-56-20-10-18-54(58(56)61-59(55)57)46-15-6-3-7-16-46)44-26-33-51(34-27-44)60(50-31-24-43(25-32-50)41-12-4-2-5-13-41)52-35-28-45(29-36-52)49-23-22-42-14-8-9-17-47(42)39-49/h2,4,11,15,21-22,28,40-41,43-44,47-56,58H,3,5-10,12-14,16-20,23-27,29-39H2,1H3/t40?,41?,43?,44?,47-,48?,49?,50?,51?,52?,53?,54?,55?,56?,58?/m1/s1. The molecule has 0 radical (unpaired) electrons. The molecule has 0 aromatic rings. The van der Waals surface area contributed by atoms with E-state index in [1.807, 2.05) is 11.1 Å². The molecule has 2 heteroatoms. The summed E-state index contributed by atoms with van der Waals surface area (Å²) in [6.45, 7) is 2.67. The normalized spacial score (nSPS) is 44.3. The number of allylic oxidation sites excluding steroid dienone is 9. The smallest absolute Gasteiger partial charge is 0.112 e. The molecular formula is C59H87NO. The van der Waals surface area contributed by atoms with Crippen LogP contribution < -0.4 is 0 Å². The van der Waals surface area contributed by atoms with Gasteiger partial charge in [0.15, 0.2) is 0 Å². The average Bonchev–Trinajstić information content (AvgIpc) is 3.72. The fourth-order valence-electron chi connectivity index (χ4n) is 17.5. The lowest BCUT2D eigenvalue weighted by Gasteiger charge is -2.50. The molecule has 11 aliphatic rings. The van der Waals surface area contributed by atoms with E-state index in [0.717, 1.165) is 65.5 Å². The molecule has 10 unspecified atom stereocenters. The monoisotopic (exact) mass is 826 g/mol. The van der Waals surface area contributed by atoms with Gasteiger partial charge in [0.1, 0.15) is 11.9 Å². The number of rotatable bonds is 8. The maximum absolute atomic E-state index is 7.29. The number of nitrogens with zero attached hydrogens (tertiary/aromatic N) is 1. The summed E-state index contributed by atoms with van der Waals surface area (Å²) in [5.74, 6) is 10.8. The third-order valence-corrected chi connectivity index (χ3v) is 20.7. The van der Waals surface area contributed by atoms with Crippen molar-refractivity contribution in [3.63, 3.8) is 0 Å². The molecule has 1 heterocycles. The highest BCUT2D eigenvalue weighted by atomic mass is 16.5. The Morgan fingerprint density at radius 3 is 1.98 bits per heavy atom. The van der Waals surface area contributed by atoms with Crippen molar-refractivity contribution in [1.82, 2.24) is 4.90 Å². The minimum Gasteiger partial charge on any atom is -0.493 e. The van der Waals surface area contributed by atoms with E-state index in [9.17, 15) is 0 Å². The summed E-state index contributed by atoms with van der Waals surface area (Å²) in [5.41, 5.74) is 7.13. The first-order valence-electron chi connectivity index (χ1n) is 27.7. The van der Waals surface area contributed by atoms with Gasteiger partial charge in [-0.25, -0.2) is 0 Å². The molecule has 0 aromatic carbocycles. The highest BCUT2D eigenvalue weighted by Crippen LogP contribution is 2.55. The zero-order chi connectivity index (χ0) is 40.7. The fraction of sp³-hybridized carbons (Fsp3) is 0.797. The Morgan fingerprint density at radius 1 is 0.475 bits per heavy atom. The Balaban J connectivity index is 0.724. The first-order chi connectivity index (χ1) is 30.1. The predicted octanol–water partition coefficient (Wildman–Crippen LogP) is 16.0. The van der Waals surface area contributed by atoms with Crippen LogP contribution in [0.5, 0.6) is 0 Å². The number of fused-ring (bicyclic) bond motifs is 3. The van der Waals surface area contributed by atoms with Crippen LogP contribution in [0.3, 0.4) is 0 Å². The van der Waals surface area contributed by atoms with Crippen molar-refractivity contribution in [3.8, 4) is 0 Å². The van der Waals surface area contributed by atoms with Crippen LogP contribution >= 0.6 is 0 Å². The van der Waals surface area contributed by atoms with E-state index in [2.05, 4.69) is 54.4 Å². The number of hydrogen-bond donors (Lipinski definition) is 0. The zero-order valence-corrected chi connectivity index (χ0v) is 39.0. The molecule has 5 saturated carbocycles. The van der Waals surface area contributed by atoms with Crippen molar-refractivity contribution < 1.29 is 4.74 Å². The number of hydrogen-bond acceptors (Lipinski definition) is 2. The lowest BCUT2D eigenvalue weighted by atomic mass is 9.62. The van der Waals surface area contributed by atoms with Crippen molar-refractivity contribution >= 4 is 0 Å². The van der Waals surface area contributed by atoms with Crippen molar-refractivity contribution in [1.29, 1.82) is 0 Å². The van der Waals surface area contributed by atoms with Crippen molar-refractivity contribution in [2.45, 2.75) is 230 Å². The van der Waals surface area contributed by atoms with Gasteiger partial charge in [-0.05, 0) is 239 Å². The summed E-state index contributed by atoms with van der Waals surface area (Å²) in [5, 5.41) is 0. The molecule has 10 aliphatic carbocycles. The number of ether oxygens (including phenoxy) is 1. The minimum absolute atomic E-state index is 0.435. The van der Waals surface area contributed by atoms with Crippen molar-refractivity contribution in [2.75, 3.05) is 0 Å². The molecule has 61 heavy (non-hydrogen) atoms. The second-order valence-electron chi connectivity index (χ2n) is 23.8. The van der Waals surface area contributed by atoms with Crippen LogP contribution in [0.1, 0.15) is 206 Å². The van der Waals surface area contributed by atoms with E-state index in [0.29, 0.717) is 23.9 Å². The maximum atomic E-state index is 7.29. The van der Waals surface area contributed by atoms with E-state index >= 15 is 0 Å². The van der Waals surface area contributed by atoms with Gasteiger partial charge in [-0.3, -0.25) is 4.90 Å². The lowest BCUT2D eigenvalue weighted by molar-refractivity contribution is -0.00132. The van der Waals surface area contributed by atoms with E-state index in [1.54, 1.807) is 11.1 Å². The Hall–Kier alpha value is -1.80. The first kappa shape index (κ1) is 41.9. The largest absolute Gasteiger partial charge is 0.493 e. The van der Waals surface area contributed by atoms with Crippen LogP contribution in [-0.2, 0) is 4.74 Å². The average molecular weight is 826 g/mol. The molecule has 2 nitrogen and oxygen atoms in total. The molecular weight excluding hydrogens is 739 g/mol. The molecule has 0 amide bonds. The minimum atomic E-state index is 0.435. The molecule has 11 atom stereocenters. The zero-order valence-electron chi connectivity index (χ0n) is 39.0. The predicted molar refractivity (Wildman–Crippen MR) is 255 cm³/mol. The van der Waals surface area contributed by atoms with Crippen molar-refractivity contribution in [3.05, 3.63) is 70.6 Å². The maximum Gasteiger partial charge on any atom is 0.112 e. The van der Waals surface area contributed by atoms with E-state index < -0.39 is 0 Å². The van der Waals surface area contributed by atoms with Gasteiger partial charge in [-0.2, -0.15) is 0 Å². The van der Waals surface area contributed by atoms with Crippen LogP contribution in [0.25, 0.3) is 0 Å². The van der Waals surface area contributed by atoms with Gasteiger partial charge in [0.25, 0.3) is 0 Å². The SMILES string of the molecule is CC1CC(C2CCC(N(C3CC=C(C4CC=C5CCCC[C@@H]5C4)CC3)C3CCC(C4CC=CCC4)CC3)CC2)CCC1C1CC=CC2=C1OC1C(C3=CCCCC3)CCCC21. The lowest BCUT2D eigenvalue weighted by Crippen LogP contribution is -2.52. The Morgan fingerprint density at radius 2 is 1.23 bits per heavy atom. The van der Waals surface area contributed by atoms with Gasteiger partial charge in [0, 0.05) is 35.9 Å². The second kappa shape index (κ2) is 19.0. The van der Waals surface area contributed by atoms with Gasteiger partial charge in [0.05, 0.1) is 0 Å². The quantitative estimate of drug-likeness (QED) is 0.226. The molecule has 5 fully saturated rings. The van der Waals surface area contributed by atoms with Gasteiger partial charge in [0.2, 0.25) is 0 Å². The highest BCUT2D eigenvalue weighted by molar-refractivity contribution is 5.37.